The minimum atomic E-state index is -0.697. The second-order valence-electron chi connectivity index (χ2n) is 7.67. The number of amides is 1. The van der Waals surface area contributed by atoms with Crippen molar-refractivity contribution in [1.29, 1.82) is 0 Å². The molecule has 136 valence electrons. The fraction of sp³-hybridized carbons (Fsp3) is 0.450. The van der Waals surface area contributed by atoms with Gasteiger partial charge in [-0.05, 0) is 56.7 Å². The van der Waals surface area contributed by atoms with Gasteiger partial charge in [0.05, 0.1) is 11.6 Å². The molecule has 0 bridgehead atoms. The molecule has 1 amide bonds. The van der Waals surface area contributed by atoms with Crippen molar-refractivity contribution < 1.29 is 14.7 Å². The first-order valence-electron chi connectivity index (χ1n) is 9.05. The number of carboxylic acid groups (broad SMARTS) is 1. The first kappa shape index (κ1) is 16.8. The van der Waals surface area contributed by atoms with Gasteiger partial charge in [0.2, 0.25) is 0 Å². The van der Waals surface area contributed by atoms with Gasteiger partial charge in [0.25, 0.3) is 5.91 Å². The molecule has 2 heterocycles. The summed E-state index contributed by atoms with van der Waals surface area (Å²) in [5, 5.41) is 13.7. The molecule has 2 aromatic rings. The fourth-order valence-corrected chi connectivity index (χ4v) is 4.09. The van der Waals surface area contributed by atoms with Crippen LogP contribution >= 0.6 is 0 Å². The SMILES string of the molecule is Cc1ccc(-n2nc(C(=O)N3CCC4(CC3)CC4C(=O)O)cc2C)cc1. The van der Waals surface area contributed by atoms with E-state index in [1.54, 1.807) is 4.68 Å². The molecular formula is C20H23N3O3. The van der Waals surface area contributed by atoms with Crippen LogP contribution in [0.3, 0.4) is 0 Å². The number of hydrogen-bond donors (Lipinski definition) is 1. The van der Waals surface area contributed by atoms with Gasteiger partial charge in [-0.3, -0.25) is 9.59 Å². The summed E-state index contributed by atoms with van der Waals surface area (Å²) in [6.07, 6.45) is 2.30. The van der Waals surface area contributed by atoms with Crippen LogP contribution in [0.15, 0.2) is 30.3 Å². The Hall–Kier alpha value is -2.63. The molecule has 6 nitrogen and oxygen atoms in total. The van der Waals surface area contributed by atoms with E-state index in [1.165, 1.54) is 5.56 Å². The van der Waals surface area contributed by atoms with Crippen LogP contribution < -0.4 is 0 Å². The number of nitrogens with zero attached hydrogens (tertiary/aromatic N) is 3. The molecule has 1 aromatic carbocycles. The molecule has 1 spiro atoms. The average molecular weight is 353 g/mol. The first-order chi connectivity index (χ1) is 12.4. The molecule has 2 aliphatic rings. The summed E-state index contributed by atoms with van der Waals surface area (Å²) in [6, 6.07) is 9.86. The molecule has 6 heteroatoms. The van der Waals surface area contributed by atoms with Crippen molar-refractivity contribution in [3.8, 4) is 5.69 Å². The Balaban J connectivity index is 1.47. The lowest BCUT2D eigenvalue weighted by atomic mass is 9.90. The second kappa shape index (κ2) is 5.97. The molecule has 26 heavy (non-hydrogen) atoms. The number of hydrogen-bond acceptors (Lipinski definition) is 3. The van der Waals surface area contributed by atoms with Gasteiger partial charge in [-0.25, -0.2) is 4.68 Å². The number of aromatic nitrogens is 2. The van der Waals surface area contributed by atoms with Crippen LogP contribution in [-0.4, -0.2) is 44.8 Å². The third kappa shape index (κ3) is 2.79. The van der Waals surface area contributed by atoms with Crippen molar-refractivity contribution in [2.45, 2.75) is 33.1 Å². The first-order valence-corrected chi connectivity index (χ1v) is 9.05. The van der Waals surface area contributed by atoms with Crippen LogP contribution in [0.2, 0.25) is 0 Å². The van der Waals surface area contributed by atoms with Gasteiger partial charge in [0.15, 0.2) is 5.69 Å². The van der Waals surface area contributed by atoms with Gasteiger partial charge in [-0.15, -0.1) is 0 Å². The number of carboxylic acids is 1. The van der Waals surface area contributed by atoms with Crippen molar-refractivity contribution in [3.05, 3.63) is 47.3 Å². The molecule has 1 aliphatic carbocycles. The van der Waals surface area contributed by atoms with Gasteiger partial charge >= 0.3 is 5.97 Å². The second-order valence-corrected chi connectivity index (χ2v) is 7.67. The molecule has 4 rings (SSSR count). The Bertz CT molecular complexity index is 861. The maximum absolute atomic E-state index is 12.8. The van der Waals surface area contributed by atoms with Crippen LogP contribution in [0.1, 0.15) is 41.0 Å². The predicted octanol–water partition coefficient (Wildman–Crippen LogP) is 2.82. The van der Waals surface area contributed by atoms with E-state index in [4.69, 9.17) is 0 Å². The van der Waals surface area contributed by atoms with E-state index in [0.29, 0.717) is 18.8 Å². The molecular weight excluding hydrogens is 330 g/mol. The number of aryl methyl sites for hydroxylation is 2. The highest BCUT2D eigenvalue weighted by molar-refractivity contribution is 5.92. The topological polar surface area (TPSA) is 75.4 Å². The van der Waals surface area contributed by atoms with Crippen LogP contribution in [0, 0.1) is 25.2 Å². The third-order valence-electron chi connectivity index (χ3n) is 5.92. The zero-order chi connectivity index (χ0) is 18.5. The van der Waals surface area contributed by atoms with E-state index < -0.39 is 5.97 Å². The highest BCUT2D eigenvalue weighted by Gasteiger charge is 2.59. The number of rotatable bonds is 3. The summed E-state index contributed by atoms with van der Waals surface area (Å²) in [6.45, 7) is 5.20. The molecule has 1 saturated heterocycles. The monoisotopic (exact) mass is 353 g/mol. The van der Waals surface area contributed by atoms with Gasteiger partial charge in [-0.2, -0.15) is 5.10 Å². The van der Waals surface area contributed by atoms with E-state index in [1.807, 2.05) is 49.1 Å². The lowest BCUT2D eigenvalue weighted by Gasteiger charge is -2.32. The van der Waals surface area contributed by atoms with Gasteiger partial charge in [-0.1, -0.05) is 17.7 Å². The number of carbonyl (C=O) groups excluding carboxylic acids is 1. The smallest absolute Gasteiger partial charge is 0.307 e. The summed E-state index contributed by atoms with van der Waals surface area (Å²) < 4.78 is 1.79. The van der Waals surface area contributed by atoms with Gasteiger partial charge < -0.3 is 10.0 Å². The van der Waals surface area contributed by atoms with Crippen molar-refractivity contribution >= 4 is 11.9 Å². The predicted molar refractivity (Wildman–Crippen MR) is 96.4 cm³/mol. The number of likely N-dealkylation sites (tertiary alicyclic amines) is 1. The lowest BCUT2D eigenvalue weighted by Crippen LogP contribution is -2.40. The molecule has 2 fully saturated rings. The van der Waals surface area contributed by atoms with E-state index in [0.717, 1.165) is 30.6 Å². The highest BCUT2D eigenvalue weighted by Crippen LogP contribution is 2.59. The molecule has 1 aromatic heterocycles. The Labute approximate surface area is 152 Å². The summed E-state index contributed by atoms with van der Waals surface area (Å²) in [5.41, 5.74) is 3.41. The minimum Gasteiger partial charge on any atom is -0.481 e. The summed E-state index contributed by atoms with van der Waals surface area (Å²) >= 11 is 0. The minimum absolute atomic E-state index is 0.0682. The zero-order valence-corrected chi connectivity index (χ0v) is 15.1. The highest BCUT2D eigenvalue weighted by atomic mass is 16.4. The number of carbonyl (C=O) groups is 2. The Morgan fingerprint density at radius 3 is 2.38 bits per heavy atom. The van der Waals surface area contributed by atoms with Crippen molar-refractivity contribution in [2.75, 3.05) is 13.1 Å². The Morgan fingerprint density at radius 2 is 1.81 bits per heavy atom. The quantitative estimate of drug-likeness (QED) is 0.921. The maximum atomic E-state index is 12.8. The summed E-state index contributed by atoms with van der Waals surface area (Å²) in [7, 11) is 0. The summed E-state index contributed by atoms with van der Waals surface area (Å²) in [4.78, 5) is 25.8. The Kier molecular flexibility index (Phi) is 3.86. The molecule has 1 aliphatic heterocycles. The maximum Gasteiger partial charge on any atom is 0.307 e. The molecule has 1 N–H and O–H groups in total. The van der Waals surface area contributed by atoms with E-state index >= 15 is 0 Å². The van der Waals surface area contributed by atoms with Crippen LogP contribution in [0.25, 0.3) is 5.69 Å². The average Bonchev–Trinajstić information content (AvgIpc) is 3.19. The number of benzene rings is 1. The van der Waals surface area contributed by atoms with E-state index in [9.17, 15) is 14.7 Å². The Morgan fingerprint density at radius 1 is 1.15 bits per heavy atom. The van der Waals surface area contributed by atoms with E-state index in [2.05, 4.69) is 5.10 Å². The zero-order valence-electron chi connectivity index (χ0n) is 15.1. The van der Waals surface area contributed by atoms with E-state index in [-0.39, 0.29) is 17.2 Å². The van der Waals surface area contributed by atoms with Crippen LogP contribution in [-0.2, 0) is 4.79 Å². The fourth-order valence-electron chi connectivity index (χ4n) is 4.09. The van der Waals surface area contributed by atoms with Gasteiger partial charge in [0, 0.05) is 18.8 Å². The molecule has 1 unspecified atom stereocenters. The van der Waals surface area contributed by atoms with Crippen molar-refractivity contribution in [1.82, 2.24) is 14.7 Å². The van der Waals surface area contributed by atoms with Crippen molar-refractivity contribution in [3.63, 3.8) is 0 Å². The third-order valence-corrected chi connectivity index (χ3v) is 5.92. The van der Waals surface area contributed by atoms with Gasteiger partial charge in [0.1, 0.15) is 0 Å². The molecule has 0 radical (unpaired) electrons. The molecule has 1 atom stereocenters. The number of piperidine rings is 1. The van der Waals surface area contributed by atoms with Crippen LogP contribution in [0.5, 0.6) is 0 Å². The largest absolute Gasteiger partial charge is 0.481 e. The normalized spacial score (nSPS) is 21.0. The number of aliphatic carboxylic acids is 1. The van der Waals surface area contributed by atoms with Crippen LogP contribution in [0.4, 0.5) is 0 Å². The molecule has 1 saturated carbocycles. The standard InChI is InChI=1S/C20H23N3O3/c1-13-3-5-15(6-4-13)23-14(2)11-17(21-23)18(24)22-9-7-20(8-10-22)12-16(20)19(25)26/h3-6,11,16H,7-10,12H2,1-2H3,(H,25,26). The van der Waals surface area contributed by atoms with Crippen molar-refractivity contribution in [2.24, 2.45) is 11.3 Å². The summed E-state index contributed by atoms with van der Waals surface area (Å²) in [5.74, 6) is -0.985. The lowest BCUT2D eigenvalue weighted by molar-refractivity contribution is -0.139.